The highest BCUT2D eigenvalue weighted by atomic mass is 19.1. The largest absolute Gasteiger partial charge is 0.489 e. The monoisotopic (exact) mass is 455 g/mol. The lowest BCUT2D eigenvalue weighted by Crippen LogP contribution is -2.27. The molecular formula is C24H26FN3O5. The summed E-state index contributed by atoms with van der Waals surface area (Å²) in [5, 5.41) is 8.91. The van der Waals surface area contributed by atoms with E-state index in [0.29, 0.717) is 29.4 Å². The maximum atomic E-state index is 14.1. The number of ether oxygens (including phenoxy) is 2. The predicted molar refractivity (Wildman–Crippen MR) is 121 cm³/mol. The van der Waals surface area contributed by atoms with Crippen LogP contribution in [0.3, 0.4) is 0 Å². The maximum absolute atomic E-state index is 14.1. The predicted octanol–water partition coefficient (Wildman–Crippen LogP) is 5.61. The molecule has 0 aliphatic heterocycles. The molecule has 174 valence electrons. The Bertz CT molecular complexity index is 1130. The molecule has 8 nitrogen and oxygen atoms in total. The number of hydrogen-bond acceptors (Lipinski definition) is 6. The maximum Gasteiger partial charge on any atom is 0.412 e. The summed E-state index contributed by atoms with van der Waals surface area (Å²) in [6.07, 6.45) is -0.794. The van der Waals surface area contributed by atoms with Crippen LogP contribution in [0.2, 0.25) is 0 Å². The fourth-order valence-corrected chi connectivity index (χ4v) is 2.88. The number of halogens is 1. The van der Waals surface area contributed by atoms with Gasteiger partial charge in [0.05, 0.1) is 16.9 Å². The first-order valence-corrected chi connectivity index (χ1v) is 10.3. The van der Waals surface area contributed by atoms with Crippen LogP contribution in [0, 0.1) is 19.7 Å². The number of anilines is 2. The van der Waals surface area contributed by atoms with Gasteiger partial charge in [0, 0.05) is 11.3 Å². The van der Waals surface area contributed by atoms with E-state index in [0.717, 1.165) is 17.3 Å². The van der Waals surface area contributed by atoms with Gasteiger partial charge >= 0.3 is 6.09 Å². The summed E-state index contributed by atoms with van der Waals surface area (Å²) in [5.41, 5.74) is 1.50. The van der Waals surface area contributed by atoms with E-state index in [-0.39, 0.29) is 5.69 Å². The molecular weight excluding hydrogens is 429 g/mol. The van der Waals surface area contributed by atoms with Crippen molar-refractivity contribution in [3.8, 4) is 5.75 Å². The second-order valence-corrected chi connectivity index (χ2v) is 8.39. The van der Waals surface area contributed by atoms with E-state index < -0.39 is 23.4 Å². The minimum atomic E-state index is -0.794. The van der Waals surface area contributed by atoms with E-state index in [1.54, 1.807) is 45.0 Å². The van der Waals surface area contributed by atoms with Crippen LogP contribution in [0.5, 0.6) is 5.75 Å². The molecule has 2 amide bonds. The van der Waals surface area contributed by atoms with Gasteiger partial charge in [0.2, 0.25) is 0 Å². The van der Waals surface area contributed by atoms with Crippen LogP contribution in [0.15, 0.2) is 47.0 Å². The van der Waals surface area contributed by atoms with Crippen molar-refractivity contribution in [2.24, 2.45) is 0 Å². The van der Waals surface area contributed by atoms with Gasteiger partial charge in [-0.05, 0) is 77.1 Å². The molecule has 0 aliphatic rings. The van der Waals surface area contributed by atoms with E-state index in [9.17, 15) is 14.0 Å². The van der Waals surface area contributed by atoms with E-state index in [1.807, 2.05) is 13.8 Å². The number of nitrogens with one attached hydrogen (secondary N) is 2. The number of rotatable bonds is 6. The van der Waals surface area contributed by atoms with Gasteiger partial charge in [-0.3, -0.25) is 10.1 Å². The number of benzene rings is 2. The lowest BCUT2D eigenvalue weighted by Gasteiger charge is -2.20. The van der Waals surface area contributed by atoms with Crippen molar-refractivity contribution in [1.82, 2.24) is 5.16 Å². The normalized spacial score (nSPS) is 11.1. The lowest BCUT2D eigenvalue weighted by molar-refractivity contribution is 0.0635. The lowest BCUT2D eigenvalue weighted by atomic mass is 10.2. The number of nitrogens with zero attached hydrogens (tertiary/aromatic N) is 1. The Balaban J connectivity index is 1.62. The molecule has 1 heterocycles. The van der Waals surface area contributed by atoms with Crippen molar-refractivity contribution >= 4 is 23.4 Å². The highest BCUT2D eigenvalue weighted by Gasteiger charge is 2.18. The third-order valence-corrected chi connectivity index (χ3v) is 4.54. The molecule has 0 aliphatic carbocycles. The molecule has 3 aromatic rings. The molecule has 0 saturated carbocycles. The summed E-state index contributed by atoms with van der Waals surface area (Å²) in [6, 6.07) is 10.4. The molecule has 0 fully saturated rings. The van der Waals surface area contributed by atoms with E-state index in [1.165, 1.54) is 12.1 Å². The van der Waals surface area contributed by atoms with Crippen LogP contribution in [-0.4, -0.2) is 22.8 Å². The zero-order valence-electron chi connectivity index (χ0n) is 19.1. The fraction of sp³-hybridized carbons (Fsp3) is 0.292. The van der Waals surface area contributed by atoms with Crippen LogP contribution in [-0.2, 0) is 11.3 Å². The SMILES string of the molecule is Cc1noc(C)c1COc1ccc(C(=O)Nc2ccc(F)c(NC(=O)OC(C)(C)C)c2)cc1. The molecule has 9 heteroatoms. The number of hydrogen-bond donors (Lipinski definition) is 2. The number of carbonyl (C=O) groups excluding carboxylic acids is 2. The molecule has 0 radical (unpaired) electrons. The van der Waals surface area contributed by atoms with E-state index >= 15 is 0 Å². The van der Waals surface area contributed by atoms with E-state index in [4.69, 9.17) is 14.0 Å². The Labute approximate surface area is 191 Å². The van der Waals surface area contributed by atoms with Crippen LogP contribution >= 0.6 is 0 Å². The number of amides is 2. The van der Waals surface area contributed by atoms with Gasteiger partial charge in [0.15, 0.2) is 0 Å². The minimum absolute atomic E-state index is 0.106. The standard InChI is InChI=1S/C24H26FN3O5/c1-14-19(15(2)33-28-14)13-31-18-9-6-16(7-10-18)22(29)26-17-8-11-20(25)21(12-17)27-23(30)32-24(3,4)5/h6-12H,13H2,1-5H3,(H,26,29)(H,27,30). The number of carbonyl (C=O) groups is 2. The molecule has 0 spiro atoms. The van der Waals surface area contributed by atoms with Crippen molar-refractivity contribution < 1.29 is 28.0 Å². The highest BCUT2D eigenvalue weighted by Crippen LogP contribution is 2.22. The molecule has 0 bridgehead atoms. The van der Waals surface area contributed by atoms with Gasteiger partial charge < -0.3 is 19.3 Å². The quantitative estimate of drug-likeness (QED) is 0.501. The second kappa shape index (κ2) is 9.72. The van der Waals surface area contributed by atoms with Crippen LogP contribution in [0.4, 0.5) is 20.6 Å². The Hall–Kier alpha value is -3.88. The highest BCUT2D eigenvalue weighted by molar-refractivity contribution is 6.04. The summed E-state index contributed by atoms with van der Waals surface area (Å²) >= 11 is 0. The first-order valence-electron chi connectivity index (χ1n) is 10.3. The van der Waals surface area contributed by atoms with Crippen LogP contribution < -0.4 is 15.4 Å². The van der Waals surface area contributed by atoms with E-state index in [2.05, 4.69) is 15.8 Å². The molecule has 0 unspecified atom stereocenters. The molecule has 0 saturated heterocycles. The number of aromatic nitrogens is 1. The Morgan fingerprint density at radius 2 is 1.76 bits per heavy atom. The van der Waals surface area contributed by atoms with Crippen molar-refractivity contribution in [2.45, 2.75) is 46.8 Å². The van der Waals surface area contributed by atoms with Crippen molar-refractivity contribution in [1.29, 1.82) is 0 Å². The summed E-state index contributed by atoms with van der Waals surface area (Å²) < 4.78 is 30.1. The molecule has 2 aromatic carbocycles. The Morgan fingerprint density at radius 3 is 2.36 bits per heavy atom. The van der Waals surface area contributed by atoms with Crippen molar-refractivity contribution in [3.63, 3.8) is 0 Å². The molecule has 0 atom stereocenters. The first-order chi connectivity index (χ1) is 15.5. The molecule has 1 aromatic heterocycles. The summed E-state index contributed by atoms with van der Waals surface area (Å²) in [7, 11) is 0. The van der Waals surface area contributed by atoms with Crippen LogP contribution in [0.25, 0.3) is 0 Å². The van der Waals surface area contributed by atoms with Gasteiger partial charge in [-0.15, -0.1) is 0 Å². The van der Waals surface area contributed by atoms with Gasteiger partial charge in [-0.25, -0.2) is 9.18 Å². The third-order valence-electron chi connectivity index (χ3n) is 4.54. The topological polar surface area (TPSA) is 103 Å². The zero-order chi connectivity index (χ0) is 24.2. The van der Waals surface area contributed by atoms with Gasteiger partial charge in [0.25, 0.3) is 5.91 Å². The number of aryl methyl sites for hydroxylation is 2. The average molecular weight is 455 g/mol. The van der Waals surface area contributed by atoms with Gasteiger partial charge in [0.1, 0.15) is 29.5 Å². The zero-order valence-corrected chi connectivity index (χ0v) is 19.1. The summed E-state index contributed by atoms with van der Waals surface area (Å²) in [6.45, 7) is 9.06. The molecule has 2 N–H and O–H groups in total. The first kappa shape index (κ1) is 23.8. The second-order valence-electron chi connectivity index (χ2n) is 8.39. The summed E-state index contributed by atoms with van der Waals surface area (Å²) in [4.78, 5) is 24.5. The average Bonchev–Trinajstić information content (AvgIpc) is 3.05. The molecule has 3 rings (SSSR count). The Morgan fingerprint density at radius 1 is 1.06 bits per heavy atom. The fourth-order valence-electron chi connectivity index (χ4n) is 2.88. The summed E-state index contributed by atoms with van der Waals surface area (Å²) in [5.74, 6) is 0.223. The van der Waals surface area contributed by atoms with Crippen molar-refractivity contribution in [2.75, 3.05) is 10.6 Å². The van der Waals surface area contributed by atoms with Gasteiger partial charge in [-0.1, -0.05) is 5.16 Å². The third kappa shape index (κ3) is 6.55. The van der Waals surface area contributed by atoms with Crippen molar-refractivity contribution in [3.05, 3.63) is 70.9 Å². The smallest absolute Gasteiger partial charge is 0.412 e. The van der Waals surface area contributed by atoms with Crippen LogP contribution in [0.1, 0.15) is 48.1 Å². The van der Waals surface area contributed by atoms with Gasteiger partial charge in [-0.2, -0.15) is 0 Å². The molecule has 33 heavy (non-hydrogen) atoms. The Kier molecular flexibility index (Phi) is 7.01. The minimum Gasteiger partial charge on any atom is -0.489 e.